The molecule has 0 aliphatic rings. The van der Waals surface area contributed by atoms with Crippen LogP contribution in [-0.2, 0) is 0 Å². The highest BCUT2D eigenvalue weighted by atomic mass is 14.8. The van der Waals surface area contributed by atoms with Gasteiger partial charge in [0, 0.05) is 5.56 Å². The summed E-state index contributed by atoms with van der Waals surface area (Å²) in [5.41, 5.74) is 3.58. The largest absolute Gasteiger partial charge is 0.236 e. The van der Waals surface area contributed by atoms with Crippen LogP contribution in [0.1, 0.15) is 5.69 Å². The van der Waals surface area contributed by atoms with Crippen LogP contribution >= 0.6 is 0 Å². The summed E-state index contributed by atoms with van der Waals surface area (Å²) in [4.78, 5) is 8.39. The zero-order valence-corrected chi connectivity index (χ0v) is 8.93. The van der Waals surface area contributed by atoms with E-state index in [-0.39, 0.29) is 0 Å². The van der Waals surface area contributed by atoms with Crippen LogP contribution < -0.4 is 0 Å². The molecule has 0 N–H and O–H groups in total. The Kier molecular flexibility index (Phi) is 2.92. The van der Waals surface area contributed by atoms with E-state index in [0.29, 0.717) is 0 Å². The van der Waals surface area contributed by atoms with Gasteiger partial charge in [0.2, 0.25) is 0 Å². The van der Waals surface area contributed by atoms with Crippen LogP contribution in [0.15, 0.2) is 62.0 Å². The van der Waals surface area contributed by atoms with Gasteiger partial charge in [-0.1, -0.05) is 49.6 Å². The molecule has 0 saturated heterocycles. The van der Waals surface area contributed by atoms with E-state index >= 15 is 0 Å². The highest BCUT2D eigenvalue weighted by Crippen LogP contribution is 2.19. The predicted octanol–water partition coefficient (Wildman–Crippen LogP) is 3.34. The molecule has 1 heterocycles. The molecule has 0 radical (unpaired) electrons. The highest BCUT2D eigenvalue weighted by Gasteiger charge is 2.02. The maximum Gasteiger partial charge on any atom is 0.116 e. The van der Waals surface area contributed by atoms with E-state index in [1.165, 1.54) is 0 Å². The molecule has 1 aromatic heterocycles. The number of aromatic nitrogens is 2. The molecule has 0 saturated carbocycles. The fourth-order valence-corrected chi connectivity index (χ4v) is 1.40. The van der Waals surface area contributed by atoms with Crippen LogP contribution in [0.5, 0.6) is 0 Å². The van der Waals surface area contributed by atoms with Gasteiger partial charge >= 0.3 is 0 Å². The van der Waals surface area contributed by atoms with E-state index < -0.39 is 0 Å². The molecule has 0 spiro atoms. The van der Waals surface area contributed by atoms with Gasteiger partial charge in [0.1, 0.15) is 6.33 Å². The Bertz CT molecular complexity index is 515. The normalized spacial score (nSPS) is 9.75. The zero-order valence-electron chi connectivity index (χ0n) is 8.93. The topological polar surface area (TPSA) is 25.8 Å². The fraction of sp³-hybridized carbons (Fsp3) is 0. The Morgan fingerprint density at radius 1 is 1.12 bits per heavy atom. The lowest BCUT2D eigenvalue weighted by Gasteiger charge is -2.03. The van der Waals surface area contributed by atoms with E-state index in [1.54, 1.807) is 12.4 Å². The Labute approximate surface area is 95.0 Å². The van der Waals surface area contributed by atoms with Crippen molar-refractivity contribution in [3.8, 4) is 11.3 Å². The van der Waals surface area contributed by atoms with Crippen molar-refractivity contribution in [2.75, 3.05) is 0 Å². The number of allylic oxidation sites excluding steroid dienone is 2. The van der Waals surface area contributed by atoms with Gasteiger partial charge in [-0.2, -0.15) is 0 Å². The third-order valence-corrected chi connectivity index (χ3v) is 2.31. The minimum absolute atomic E-state index is 0.805. The lowest BCUT2D eigenvalue weighted by atomic mass is 10.1. The first kappa shape index (κ1) is 10.3. The molecule has 2 aromatic rings. The van der Waals surface area contributed by atoms with Crippen LogP contribution in [0, 0.1) is 0 Å². The second-order valence-electron chi connectivity index (χ2n) is 3.38. The van der Waals surface area contributed by atoms with Gasteiger partial charge in [-0.15, -0.1) is 0 Å². The summed E-state index contributed by atoms with van der Waals surface area (Å²) in [6, 6.07) is 11.9. The van der Waals surface area contributed by atoms with Gasteiger partial charge < -0.3 is 0 Å². The van der Waals surface area contributed by atoms with Gasteiger partial charge in [0.25, 0.3) is 0 Å². The minimum Gasteiger partial charge on any atom is -0.236 e. The van der Waals surface area contributed by atoms with Crippen molar-refractivity contribution in [3.63, 3.8) is 0 Å². The van der Waals surface area contributed by atoms with E-state index in [0.717, 1.165) is 22.5 Å². The number of benzene rings is 1. The van der Waals surface area contributed by atoms with Crippen LogP contribution in [0.3, 0.4) is 0 Å². The van der Waals surface area contributed by atoms with E-state index in [9.17, 15) is 0 Å². The SMILES string of the molecule is C=CC(=C)c1cc(-c2ccccc2)ncn1. The highest BCUT2D eigenvalue weighted by molar-refractivity contribution is 5.72. The standard InChI is InChI=1S/C14H12N2/c1-3-11(2)13-9-14(16-10-15-13)12-7-5-4-6-8-12/h3-10H,1-2H2. The number of rotatable bonds is 3. The number of nitrogens with zero attached hydrogens (tertiary/aromatic N) is 2. The summed E-state index contributed by atoms with van der Waals surface area (Å²) in [5, 5.41) is 0. The molecular formula is C14H12N2. The first-order valence-corrected chi connectivity index (χ1v) is 5.00. The van der Waals surface area contributed by atoms with Gasteiger partial charge in [-0.25, -0.2) is 9.97 Å². The van der Waals surface area contributed by atoms with E-state index in [2.05, 4.69) is 23.1 Å². The van der Waals surface area contributed by atoms with Crippen molar-refractivity contribution >= 4 is 5.57 Å². The lowest BCUT2D eigenvalue weighted by molar-refractivity contribution is 1.15. The van der Waals surface area contributed by atoms with Crippen LogP contribution in [0.25, 0.3) is 16.8 Å². The quantitative estimate of drug-likeness (QED) is 0.723. The van der Waals surface area contributed by atoms with Crippen molar-refractivity contribution in [3.05, 3.63) is 67.7 Å². The number of hydrogen-bond acceptors (Lipinski definition) is 2. The van der Waals surface area contributed by atoms with Gasteiger partial charge in [-0.3, -0.25) is 0 Å². The average molecular weight is 208 g/mol. The van der Waals surface area contributed by atoms with Crippen molar-refractivity contribution in [2.45, 2.75) is 0 Å². The molecule has 0 fully saturated rings. The second kappa shape index (κ2) is 4.53. The summed E-state index contributed by atoms with van der Waals surface area (Å²) in [5.74, 6) is 0. The molecule has 0 bridgehead atoms. The zero-order chi connectivity index (χ0) is 11.4. The molecule has 16 heavy (non-hydrogen) atoms. The first-order chi connectivity index (χ1) is 7.81. The first-order valence-electron chi connectivity index (χ1n) is 5.00. The summed E-state index contributed by atoms with van der Waals surface area (Å²) in [7, 11) is 0. The van der Waals surface area contributed by atoms with Crippen LogP contribution in [0.4, 0.5) is 0 Å². The monoisotopic (exact) mass is 208 g/mol. The molecule has 2 rings (SSSR count). The summed E-state index contributed by atoms with van der Waals surface area (Å²) >= 11 is 0. The maximum atomic E-state index is 4.24. The predicted molar refractivity (Wildman–Crippen MR) is 66.7 cm³/mol. The third kappa shape index (κ3) is 2.06. The maximum absolute atomic E-state index is 4.24. The smallest absolute Gasteiger partial charge is 0.116 e. The summed E-state index contributed by atoms with van der Waals surface area (Å²) < 4.78 is 0. The van der Waals surface area contributed by atoms with Gasteiger partial charge in [0.15, 0.2) is 0 Å². The van der Waals surface area contributed by atoms with Crippen molar-refractivity contribution in [1.29, 1.82) is 0 Å². The van der Waals surface area contributed by atoms with Crippen LogP contribution in [0.2, 0.25) is 0 Å². The van der Waals surface area contributed by atoms with E-state index in [1.807, 2.05) is 36.4 Å². The Hall–Kier alpha value is -2.22. The Balaban J connectivity index is 2.44. The Morgan fingerprint density at radius 2 is 1.88 bits per heavy atom. The van der Waals surface area contributed by atoms with Crippen molar-refractivity contribution in [2.24, 2.45) is 0 Å². The Morgan fingerprint density at radius 3 is 2.56 bits per heavy atom. The van der Waals surface area contributed by atoms with E-state index in [4.69, 9.17) is 0 Å². The summed E-state index contributed by atoms with van der Waals surface area (Å²) in [6.07, 6.45) is 3.24. The molecule has 0 amide bonds. The molecule has 0 aliphatic carbocycles. The van der Waals surface area contributed by atoms with Crippen molar-refractivity contribution in [1.82, 2.24) is 9.97 Å². The van der Waals surface area contributed by atoms with Crippen molar-refractivity contribution < 1.29 is 0 Å². The van der Waals surface area contributed by atoms with Gasteiger partial charge in [0.05, 0.1) is 11.4 Å². The molecule has 78 valence electrons. The molecular weight excluding hydrogens is 196 g/mol. The summed E-state index contributed by atoms with van der Waals surface area (Å²) in [6.45, 7) is 7.55. The van der Waals surface area contributed by atoms with Gasteiger partial charge in [-0.05, 0) is 11.6 Å². The lowest BCUT2D eigenvalue weighted by Crippen LogP contribution is -1.90. The molecule has 0 unspecified atom stereocenters. The number of hydrogen-bond donors (Lipinski definition) is 0. The second-order valence-corrected chi connectivity index (χ2v) is 3.38. The fourth-order valence-electron chi connectivity index (χ4n) is 1.40. The molecule has 2 nitrogen and oxygen atoms in total. The van der Waals surface area contributed by atoms with Crippen LogP contribution in [-0.4, -0.2) is 9.97 Å². The minimum atomic E-state index is 0.805. The average Bonchev–Trinajstić information content (AvgIpc) is 2.39. The molecule has 1 aromatic carbocycles. The third-order valence-electron chi connectivity index (χ3n) is 2.31. The molecule has 2 heteroatoms. The molecule has 0 aliphatic heterocycles. The molecule has 0 atom stereocenters.